The van der Waals surface area contributed by atoms with Crippen molar-refractivity contribution in [3.63, 3.8) is 0 Å². The van der Waals surface area contributed by atoms with Crippen molar-refractivity contribution in [2.75, 3.05) is 25.1 Å². The van der Waals surface area contributed by atoms with E-state index in [-0.39, 0.29) is 11.9 Å². The number of hydrogen-bond donors (Lipinski definition) is 0. The zero-order valence-electron chi connectivity index (χ0n) is 19.9. The van der Waals surface area contributed by atoms with Crippen LogP contribution in [0.15, 0.2) is 71.0 Å². The van der Waals surface area contributed by atoms with Crippen LogP contribution in [0.4, 0.5) is 10.5 Å². The third-order valence-corrected chi connectivity index (χ3v) is 6.77. The molecule has 2 unspecified atom stereocenters. The van der Waals surface area contributed by atoms with E-state index in [2.05, 4.69) is 0 Å². The highest BCUT2D eigenvalue weighted by atomic mass is 16.5. The number of carbonyl (C=O) groups excluding carboxylic acids is 2. The summed E-state index contributed by atoms with van der Waals surface area (Å²) in [5.74, 6) is 1.18. The Kier molecular flexibility index (Phi) is 5.51. The van der Waals surface area contributed by atoms with E-state index < -0.39 is 12.2 Å². The lowest BCUT2D eigenvalue weighted by molar-refractivity contribution is -0.136. The monoisotopic (exact) mass is 459 g/mol. The average Bonchev–Trinajstić information content (AvgIpc) is 3.34. The Morgan fingerprint density at radius 3 is 2.41 bits per heavy atom. The molecule has 1 fully saturated rings. The molecule has 0 spiro atoms. The van der Waals surface area contributed by atoms with Gasteiger partial charge in [0, 0.05) is 25.0 Å². The average molecular weight is 460 g/mol. The normalized spacial score (nSPS) is 21.8. The summed E-state index contributed by atoms with van der Waals surface area (Å²) in [4.78, 5) is 38.7. The fourth-order valence-electron chi connectivity index (χ4n) is 4.91. The number of imide groups is 1. The number of guanidine groups is 1. The summed E-state index contributed by atoms with van der Waals surface area (Å²) in [7, 11) is 1.72. The van der Waals surface area contributed by atoms with Gasteiger partial charge in [-0.3, -0.25) is 19.5 Å². The number of allylic oxidation sites excluding steroid dienone is 2. The van der Waals surface area contributed by atoms with E-state index in [1.54, 1.807) is 11.9 Å². The summed E-state index contributed by atoms with van der Waals surface area (Å²) in [6.45, 7) is 6.83. The van der Waals surface area contributed by atoms with Crippen molar-refractivity contribution in [3.05, 3.63) is 71.6 Å². The first-order valence-corrected chi connectivity index (χ1v) is 11.6. The van der Waals surface area contributed by atoms with E-state index >= 15 is 0 Å². The highest BCUT2D eigenvalue weighted by molar-refractivity contribution is 6.11. The molecule has 0 radical (unpaired) electrons. The Bertz CT molecular complexity index is 1190. The molecule has 34 heavy (non-hydrogen) atoms. The molecule has 3 aliphatic rings. The van der Waals surface area contributed by atoms with Crippen molar-refractivity contribution in [1.29, 1.82) is 0 Å². The second-order valence-corrected chi connectivity index (χ2v) is 8.68. The van der Waals surface area contributed by atoms with Gasteiger partial charge in [0.15, 0.2) is 12.2 Å². The van der Waals surface area contributed by atoms with Crippen molar-refractivity contribution in [3.8, 4) is 5.75 Å². The number of amides is 3. The molecule has 3 heterocycles. The number of urea groups is 1. The van der Waals surface area contributed by atoms with Crippen LogP contribution in [0.2, 0.25) is 0 Å². The summed E-state index contributed by atoms with van der Waals surface area (Å²) in [5.41, 5.74) is 3.87. The van der Waals surface area contributed by atoms with E-state index in [0.717, 1.165) is 28.4 Å². The largest absolute Gasteiger partial charge is 0.492 e. The Morgan fingerprint density at radius 1 is 0.971 bits per heavy atom. The van der Waals surface area contributed by atoms with Gasteiger partial charge in [-0.1, -0.05) is 42.5 Å². The number of para-hydroxylation sites is 2. The van der Waals surface area contributed by atoms with Gasteiger partial charge in [-0.2, -0.15) is 0 Å². The van der Waals surface area contributed by atoms with Gasteiger partial charge in [-0.25, -0.2) is 9.79 Å². The first-order valence-electron chi connectivity index (χ1n) is 11.6. The number of carbonyl (C=O) groups is 2. The molecule has 3 amide bonds. The molecule has 0 saturated carbocycles. The molecule has 176 valence electrons. The fraction of sp³-hybridized carbons (Fsp3) is 0.346. The second-order valence-electron chi connectivity index (χ2n) is 8.68. The third kappa shape index (κ3) is 3.32. The quantitative estimate of drug-likeness (QED) is 0.660. The highest BCUT2D eigenvalue weighted by Gasteiger charge is 2.56. The molecule has 2 aromatic rings. The molecule has 1 saturated heterocycles. The molecule has 3 aliphatic heterocycles. The van der Waals surface area contributed by atoms with E-state index in [4.69, 9.17) is 9.73 Å². The molecule has 0 bridgehead atoms. The van der Waals surface area contributed by atoms with Crippen LogP contribution in [0.3, 0.4) is 0 Å². The van der Waals surface area contributed by atoms with Crippen LogP contribution >= 0.6 is 0 Å². The molecule has 2 atom stereocenters. The maximum atomic E-state index is 13.7. The Balaban J connectivity index is 1.47. The lowest BCUT2D eigenvalue weighted by Gasteiger charge is -2.40. The minimum Gasteiger partial charge on any atom is -0.492 e. The number of ether oxygens (including phenoxy) is 1. The SMILES string of the molecule is CCOc1ccccc1N1C2=NC3C(C(=O)N(CCc4ccccc4)C(=O)N3C)N2C(C)=C1C. The van der Waals surface area contributed by atoms with Gasteiger partial charge in [-0.15, -0.1) is 0 Å². The van der Waals surface area contributed by atoms with Gasteiger partial charge in [-0.05, 0) is 44.9 Å². The highest BCUT2D eigenvalue weighted by Crippen LogP contribution is 2.42. The van der Waals surface area contributed by atoms with Gasteiger partial charge in [0.1, 0.15) is 5.75 Å². The number of hydrogen-bond acceptors (Lipinski definition) is 6. The van der Waals surface area contributed by atoms with E-state index in [9.17, 15) is 9.59 Å². The van der Waals surface area contributed by atoms with Crippen molar-refractivity contribution in [2.24, 2.45) is 4.99 Å². The molecule has 8 heteroatoms. The number of aliphatic imine (C=N–C) groups is 1. The first kappa shape index (κ1) is 22.0. The zero-order valence-corrected chi connectivity index (χ0v) is 19.9. The van der Waals surface area contributed by atoms with E-state index in [1.807, 2.05) is 85.2 Å². The van der Waals surface area contributed by atoms with Crippen molar-refractivity contribution < 1.29 is 14.3 Å². The molecular weight excluding hydrogens is 430 g/mol. The molecule has 0 N–H and O–H groups in total. The van der Waals surface area contributed by atoms with Crippen LogP contribution in [0.25, 0.3) is 0 Å². The molecule has 0 aromatic heterocycles. The number of likely N-dealkylation sites (N-methyl/N-ethyl adjacent to an activating group) is 1. The Labute approximate surface area is 199 Å². The van der Waals surface area contributed by atoms with Gasteiger partial charge < -0.3 is 9.64 Å². The number of rotatable bonds is 6. The minimum absolute atomic E-state index is 0.213. The number of benzene rings is 2. The van der Waals surface area contributed by atoms with Crippen LogP contribution in [0.5, 0.6) is 5.75 Å². The van der Waals surface area contributed by atoms with Crippen molar-refractivity contribution in [2.45, 2.75) is 39.4 Å². The molecule has 5 rings (SSSR count). The maximum Gasteiger partial charge on any atom is 0.328 e. The van der Waals surface area contributed by atoms with Crippen LogP contribution in [0, 0.1) is 0 Å². The van der Waals surface area contributed by atoms with Crippen LogP contribution < -0.4 is 9.64 Å². The number of nitrogens with zero attached hydrogens (tertiary/aromatic N) is 5. The molecule has 2 aromatic carbocycles. The predicted octanol–water partition coefficient (Wildman–Crippen LogP) is 3.66. The van der Waals surface area contributed by atoms with Gasteiger partial charge in [0.2, 0.25) is 5.96 Å². The number of anilines is 1. The molecule has 8 nitrogen and oxygen atoms in total. The van der Waals surface area contributed by atoms with Crippen molar-refractivity contribution in [1.82, 2.24) is 14.7 Å². The Morgan fingerprint density at radius 2 is 1.68 bits per heavy atom. The Hall–Kier alpha value is -3.81. The van der Waals surface area contributed by atoms with Gasteiger partial charge in [0.25, 0.3) is 5.91 Å². The van der Waals surface area contributed by atoms with E-state index in [0.29, 0.717) is 25.5 Å². The lowest BCUT2D eigenvalue weighted by Crippen LogP contribution is -2.64. The maximum absolute atomic E-state index is 13.7. The molecular formula is C26H29N5O3. The lowest BCUT2D eigenvalue weighted by atomic mass is 10.1. The fourth-order valence-corrected chi connectivity index (χ4v) is 4.91. The first-order chi connectivity index (χ1) is 16.4. The summed E-state index contributed by atoms with van der Waals surface area (Å²) < 4.78 is 5.87. The van der Waals surface area contributed by atoms with Gasteiger partial charge in [0.05, 0.1) is 12.3 Å². The van der Waals surface area contributed by atoms with E-state index in [1.165, 1.54) is 4.90 Å². The number of fused-ring (bicyclic) bond motifs is 3. The van der Waals surface area contributed by atoms with Gasteiger partial charge >= 0.3 is 6.03 Å². The summed E-state index contributed by atoms with van der Waals surface area (Å²) in [5, 5.41) is 0. The van der Waals surface area contributed by atoms with Crippen LogP contribution in [0.1, 0.15) is 26.3 Å². The predicted molar refractivity (Wildman–Crippen MR) is 130 cm³/mol. The third-order valence-electron chi connectivity index (χ3n) is 6.77. The standard InChI is InChI=1S/C26H29N5O3/c1-5-34-21-14-10-9-13-20(21)30-17(2)18(3)31-22-23(27-25(30)31)28(4)26(33)29(24(22)32)16-15-19-11-7-6-8-12-19/h6-14,22-23H,5,15-16H2,1-4H3. The summed E-state index contributed by atoms with van der Waals surface area (Å²) in [6.07, 6.45) is 0.0340. The molecule has 0 aliphatic carbocycles. The smallest absolute Gasteiger partial charge is 0.328 e. The summed E-state index contributed by atoms with van der Waals surface area (Å²) >= 11 is 0. The topological polar surface area (TPSA) is 68.7 Å². The summed E-state index contributed by atoms with van der Waals surface area (Å²) in [6, 6.07) is 16.8. The minimum atomic E-state index is -0.590. The zero-order chi connectivity index (χ0) is 24.0. The van der Waals surface area contributed by atoms with Crippen LogP contribution in [-0.4, -0.2) is 65.0 Å². The van der Waals surface area contributed by atoms with Crippen LogP contribution in [-0.2, 0) is 11.2 Å². The van der Waals surface area contributed by atoms with Crippen molar-refractivity contribution >= 4 is 23.6 Å². The second kappa shape index (κ2) is 8.52.